The summed E-state index contributed by atoms with van der Waals surface area (Å²) < 4.78 is 18.0. The van der Waals surface area contributed by atoms with E-state index in [1.54, 1.807) is 18.8 Å². The van der Waals surface area contributed by atoms with Crippen LogP contribution in [0.4, 0.5) is 4.39 Å². The number of aromatic nitrogens is 1. The molecule has 0 aliphatic heterocycles. The first-order valence-electron chi connectivity index (χ1n) is 8.34. The molecule has 2 aromatic rings. The molecule has 26 heavy (non-hydrogen) atoms. The summed E-state index contributed by atoms with van der Waals surface area (Å²) >= 11 is 1.72. The van der Waals surface area contributed by atoms with Gasteiger partial charge in [0.1, 0.15) is 11.6 Å². The number of thioether (sulfide) groups is 1. The fraction of sp³-hybridized carbons (Fsp3) is 0.444. The normalized spacial score (nSPS) is 11.2. The molecule has 8 heteroatoms. The Bertz CT molecular complexity index is 671. The summed E-state index contributed by atoms with van der Waals surface area (Å²) in [6.07, 6.45) is 1.84. The highest BCUT2D eigenvalue weighted by molar-refractivity contribution is 14.0. The van der Waals surface area contributed by atoms with Crippen LogP contribution in [0, 0.1) is 19.7 Å². The largest absolute Gasteiger partial charge is 0.361 e. The van der Waals surface area contributed by atoms with E-state index in [1.807, 2.05) is 26.0 Å². The van der Waals surface area contributed by atoms with Crippen molar-refractivity contribution in [3.63, 3.8) is 0 Å². The number of benzene rings is 1. The van der Waals surface area contributed by atoms with Crippen LogP contribution in [-0.4, -0.2) is 37.0 Å². The van der Waals surface area contributed by atoms with Crippen molar-refractivity contribution in [2.45, 2.75) is 31.6 Å². The molecule has 0 saturated carbocycles. The van der Waals surface area contributed by atoms with Crippen molar-refractivity contribution in [1.82, 2.24) is 15.8 Å². The number of guanidine groups is 1. The zero-order valence-corrected chi connectivity index (χ0v) is 18.5. The van der Waals surface area contributed by atoms with Crippen LogP contribution >= 0.6 is 35.7 Å². The maximum atomic E-state index is 12.8. The van der Waals surface area contributed by atoms with Crippen molar-refractivity contribution in [3.05, 3.63) is 47.1 Å². The van der Waals surface area contributed by atoms with E-state index in [2.05, 4.69) is 20.8 Å². The molecule has 0 radical (unpaired) electrons. The third-order valence-electron chi connectivity index (χ3n) is 3.77. The highest BCUT2D eigenvalue weighted by Gasteiger charge is 2.08. The molecule has 0 bridgehead atoms. The molecule has 144 valence electrons. The predicted octanol–water partition coefficient (Wildman–Crippen LogP) is 3.94. The number of rotatable bonds is 8. The lowest BCUT2D eigenvalue weighted by Gasteiger charge is -2.11. The van der Waals surface area contributed by atoms with E-state index in [1.165, 1.54) is 12.1 Å². The Kier molecular flexibility index (Phi) is 10.6. The zero-order chi connectivity index (χ0) is 18.1. The van der Waals surface area contributed by atoms with Gasteiger partial charge >= 0.3 is 0 Å². The van der Waals surface area contributed by atoms with Crippen molar-refractivity contribution < 1.29 is 8.91 Å². The van der Waals surface area contributed by atoms with Gasteiger partial charge in [0.05, 0.1) is 5.69 Å². The first-order valence-corrected chi connectivity index (χ1v) is 9.33. The van der Waals surface area contributed by atoms with Crippen LogP contribution in [0.5, 0.6) is 0 Å². The standard InChI is InChI=1S/C18H25FN4OS.HI/c1-13-17(14(2)24-23-13)9-11-22-18(20-3)21-10-4-12-25-16-7-5-15(19)6-8-16;/h5-8H,4,9-12H2,1-3H3,(H2,20,21,22);1H. The highest BCUT2D eigenvalue weighted by atomic mass is 127. The second-order valence-corrected chi connectivity index (χ2v) is 6.80. The molecular formula is C18H26FIN4OS. The molecule has 0 atom stereocenters. The van der Waals surface area contributed by atoms with E-state index < -0.39 is 0 Å². The molecule has 1 heterocycles. The van der Waals surface area contributed by atoms with Gasteiger partial charge in [-0.3, -0.25) is 4.99 Å². The maximum absolute atomic E-state index is 12.8. The van der Waals surface area contributed by atoms with Gasteiger partial charge in [0.15, 0.2) is 5.96 Å². The molecule has 0 aliphatic carbocycles. The van der Waals surface area contributed by atoms with E-state index in [0.29, 0.717) is 0 Å². The number of hydrogen-bond donors (Lipinski definition) is 2. The molecule has 0 aliphatic rings. The molecular weight excluding hydrogens is 466 g/mol. The number of nitrogens with zero attached hydrogens (tertiary/aromatic N) is 2. The van der Waals surface area contributed by atoms with Crippen LogP contribution in [0.25, 0.3) is 0 Å². The van der Waals surface area contributed by atoms with Gasteiger partial charge < -0.3 is 15.2 Å². The SMILES string of the molecule is CN=C(NCCCSc1ccc(F)cc1)NCCc1c(C)noc1C.I. The zero-order valence-electron chi connectivity index (χ0n) is 15.3. The molecule has 0 unspecified atom stereocenters. The molecule has 0 spiro atoms. The lowest BCUT2D eigenvalue weighted by Crippen LogP contribution is -2.38. The van der Waals surface area contributed by atoms with Crippen LogP contribution in [0.15, 0.2) is 38.7 Å². The van der Waals surface area contributed by atoms with Crippen molar-refractivity contribution in [3.8, 4) is 0 Å². The maximum Gasteiger partial charge on any atom is 0.190 e. The van der Waals surface area contributed by atoms with Gasteiger partial charge in [-0.15, -0.1) is 35.7 Å². The number of halogens is 2. The summed E-state index contributed by atoms with van der Waals surface area (Å²) in [7, 11) is 1.76. The van der Waals surface area contributed by atoms with E-state index in [9.17, 15) is 4.39 Å². The van der Waals surface area contributed by atoms with Crippen molar-refractivity contribution in [1.29, 1.82) is 0 Å². The lowest BCUT2D eigenvalue weighted by atomic mass is 10.1. The van der Waals surface area contributed by atoms with Crippen LogP contribution in [0.3, 0.4) is 0 Å². The fourth-order valence-corrected chi connectivity index (χ4v) is 3.24. The molecule has 2 rings (SSSR count). The molecule has 0 fully saturated rings. The summed E-state index contributed by atoms with van der Waals surface area (Å²) in [6.45, 7) is 5.49. The van der Waals surface area contributed by atoms with Crippen LogP contribution in [0.2, 0.25) is 0 Å². The molecule has 0 saturated heterocycles. The van der Waals surface area contributed by atoms with Gasteiger partial charge in [0.2, 0.25) is 0 Å². The summed E-state index contributed by atoms with van der Waals surface area (Å²) in [5.41, 5.74) is 2.10. The predicted molar refractivity (Wildman–Crippen MR) is 116 cm³/mol. The van der Waals surface area contributed by atoms with Crippen molar-refractivity contribution in [2.24, 2.45) is 4.99 Å². The molecule has 0 amide bonds. The Morgan fingerprint density at radius 1 is 1.19 bits per heavy atom. The quantitative estimate of drug-likeness (QED) is 0.192. The number of aryl methyl sites for hydroxylation is 2. The van der Waals surface area contributed by atoms with Crippen LogP contribution < -0.4 is 10.6 Å². The molecule has 1 aromatic heterocycles. The number of nitrogens with one attached hydrogen (secondary N) is 2. The molecule has 1 aromatic carbocycles. The summed E-state index contributed by atoms with van der Waals surface area (Å²) in [4.78, 5) is 5.31. The monoisotopic (exact) mass is 492 g/mol. The lowest BCUT2D eigenvalue weighted by molar-refractivity contribution is 0.392. The molecule has 2 N–H and O–H groups in total. The average molecular weight is 492 g/mol. The first kappa shape index (κ1) is 22.8. The smallest absolute Gasteiger partial charge is 0.190 e. The minimum absolute atomic E-state index is 0. The highest BCUT2D eigenvalue weighted by Crippen LogP contribution is 2.18. The Balaban J connectivity index is 0.00000338. The topological polar surface area (TPSA) is 62.5 Å². The van der Waals surface area contributed by atoms with Crippen LogP contribution in [0.1, 0.15) is 23.4 Å². The second kappa shape index (κ2) is 12.2. The van der Waals surface area contributed by atoms with Gasteiger partial charge in [-0.25, -0.2) is 4.39 Å². The fourth-order valence-electron chi connectivity index (χ4n) is 2.39. The van der Waals surface area contributed by atoms with Gasteiger partial charge in [-0.1, -0.05) is 5.16 Å². The van der Waals surface area contributed by atoms with Gasteiger partial charge in [-0.2, -0.15) is 0 Å². The summed E-state index contributed by atoms with van der Waals surface area (Å²) in [5.74, 6) is 2.44. The third kappa shape index (κ3) is 7.53. The minimum Gasteiger partial charge on any atom is -0.361 e. The van der Waals surface area contributed by atoms with Gasteiger partial charge in [0.25, 0.3) is 0 Å². The van der Waals surface area contributed by atoms with Gasteiger partial charge in [-0.05, 0) is 56.7 Å². The Hall–Kier alpha value is -1.29. The van der Waals surface area contributed by atoms with Crippen molar-refractivity contribution >= 4 is 41.7 Å². The second-order valence-electron chi connectivity index (χ2n) is 5.63. The Labute approximate surface area is 175 Å². The third-order valence-corrected chi connectivity index (χ3v) is 4.87. The van der Waals surface area contributed by atoms with Crippen molar-refractivity contribution in [2.75, 3.05) is 25.9 Å². The van der Waals surface area contributed by atoms with Crippen LogP contribution in [-0.2, 0) is 6.42 Å². The number of hydrogen-bond acceptors (Lipinski definition) is 4. The Morgan fingerprint density at radius 2 is 1.88 bits per heavy atom. The van der Waals surface area contributed by atoms with E-state index in [-0.39, 0.29) is 29.8 Å². The Morgan fingerprint density at radius 3 is 2.50 bits per heavy atom. The number of aliphatic imine (C=N–C) groups is 1. The molecule has 5 nitrogen and oxygen atoms in total. The van der Waals surface area contributed by atoms with Gasteiger partial charge in [0, 0.05) is 30.6 Å². The van der Waals surface area contributed by atoms with E-state index in [4.69, 9.17) is 4.52 Å². The average Bonchev–Trinajstić information content (AvgIpc) is 2.93. The first-order chi connectivity index (χ1) is 12.1. The summed E-state index contributed by atoms with van der Waals surface area (Å²) in [5, 5.41) is 10.6. The van der Waals surface area contributed by atoms with E-state index in [0.717, 1.165) is 59.6 Å². The summed E-state index contributed by atoms with van der Waals surface area (Å²) in [6, 6.07) is 6.60. The minimum atomic E-state index is -0.197. The van der Waals surface area contributed by atoms with E-state index >= 15 is 0 Å².